The number of nitrogens with zero attached hydrogens (tertiary/aromatic N) is 2. The number of piperazine rings is 1. The number of aliphatic hydroxyl groups is 1. The van der Waals surface area contributed by atoms with Crippen LogP contribution in [0.2, 0.25) is 0 Å². The summed E-state index contributed by atoms with van der Waals surface area (Å²) >= 11 is 0. The lowest BCUT2D eigenvalue weighted by Gasteiger charge is -2.41. The molecule has 0 bridgehead atoms. The second kappa shape index (κ2) is 8.78. The van der Waals surface area contributed by atoms with Gasteiger partial charge >= 0.3 is 0 Å². The highest BCUT2D eigenvalue weighted by atomic mass is 16.3. The molecule has 2 aromatic heterocycles. The van der Waals surface area contributed by atoms with E-state index < -0.39 is 0 Å². The molecule has 1 aliphatic rings. The van der Waals surface area contributed by atoms with Crippen LogP contribution in [-0.2, 0) is 13.1 Å². The maximum Gasteiger partial charge on any atom is 0.134 e. The van der Waals surface area contributed by atoms with Crippen LogP contribution < -0.4 is 0 Å². The van der Waals surface area contributed by atoms with Crippen LogP contribution in [0.15, 0.2) is 63.6 Å². The van der Waals surface area contributed by atoms with Gasteiger partial charge in [0.15, 0.2) is 0 Å². The topological polar surface area (TPSA) is 53.0 Å². The standard InChI is InChI=1S/C23H28N2O3/c1-18-8-9-21(28-18)17-25-12-11-24(16-20(25)10-13-26)15-19-5-2-3-6-22(19)23-7-4-14-27-23/h2-9,14,20,26H,10-13,15-17H2,1H3/t20-/m0/s1. The first-order valence-electron chi connectivity index (χ1n) is 9.97. The van der Waals surface area contributed by atoms with Gasteiger partial charge in [0, 0.05) is 44.4 Å². The van der Waals surface area contributed by atoms with E-state index >= 15 is 0 Å². The van der Waals surface area contributed by atoms with Crippen molar-refractivity contribution in [2.75, 3.05) is 26.2 Å². The Morgan fingerprint density at radius 3 is 2.68 bits per heavy atom. The zero-order valence-electron chi connectivity index (χ0n) is 16.4. The highest BCUT2D eigenvalue weighted by Crippen LogP contribution is 2.26. The fourth-order valence-electron chi connectivity index (χ4n) is 4.07. The molecule has 1 atom stereocenters. The first-order valence-corrected chi connectivity index (χ1v) is 9.97. The van der Waals surface area contributed by atoms with Crippen LogP contribution in [0.3, 0.4) is 0 Å². The van der Waals surface area contributed by atoms with Crippen molar-refractivity contribution in [1.29, 1.82) is 0 Å². The van der Waals surface area contributed by atoms with Crippen LogP contribution in [0, 0.1) is 6.92 Å². The van der Waals surface area contributed by atoms with Crippen LogP contribution in [0.5, 0.6) is 0 Å². The fourth-order valence-corrected chi connectivity index (χ4v) is 4.07. The van der Waals surface area contributed by atoms with E-state index in [0.717, 1.165) is 62.0 Å². The number of aryl methyl sites for hydroxylation is 1. The molecule has 3 aromatic rings. The number of rotatable bonds is 7. The summed E-state index contributed by atoms with van der Waals surface area (Å²) in [6, 6.07) is 16.8. The first-order chi connectivity index (χ1) is 13.7. The van der Waals surface area contributed by atoms with E-state index in [1.807, 2.05) is 25.1 Å². The van der Waals surface area contributed by atoms with Gasteiger partial charge in [-0.25, -0.2) is 0 Å². The Hall–Kier alpha value is -2.34. The molecule has 1 aromatic carbocycles. The minimum atomic E-state index is 0.204. The molecule has 1 N–H and O–H groups in total. The smallest absolute Gasteiger partial charge is 0.134 e. The van der Waals surface area contributed by atoms with Crippen molar-refractivity contribution in [2.45, 2.75) is 32.5 Å². The van der Waals surface area contributed by atoms with Crippen molar-refractivity contribution in [3.05, 3.63) is 71.9 Å². The maximum absolute atomic E-state index is 9.57. The van der Waals surface area contributed by atoms with Crippen molar-refractivity contribution in [2.24, 2.45) is 0 Å². The van der Waals surface area contributed by atoms with Gasteiger partial charge in [-0.15, -0.1) is 0 Å². The average Bonchev–Trinajstić information content (AvgIpc) is 3.36. The molecule has 1 saturated heterocycles. The molecule has 0 radical (unpaired) electrons. The summed E-state index contributed by atoms with van der Waals surface area (Å²) in [5.41, 5.74) is 2.43. The van der Waals surface area contributed by atoms with Gasteiger partial charge in [0.25, 0.3) is 0 Å². The monoisotopic (exact) mass is 380 g/mol. The summed E-state index contributed by atoms with van der Waals surface area (Å²) in [4.78, 5) is 4.91. The predicted octanol–water partition coefficient (Wildman–Crippen LogP) is 3.92. The van der Waals surface area contributed by atoms with Crippen LogP contribution in [-0.4, -0.2) is 47.2 Å². The molecule has 3 heterocycles. The zero-order chi connectivity index (χ0) is 19.3. The lowest BCUT2D eigenvalue weighted by Crippen LogP contribution is -2.52. The van der Waals surface area contributed by atoms with E-state index in [4.69, 9.17) is 8.83 Å². The Balaban J connectivity index is 1.45. The molecule has 0 saturated carbocycles. The molecule has 5 heteroatoms. The Morgan fingerprint density at radius 1 is 1.04 bits per heavy atom. The average molecular weight is 380 g/mol. The molecule has 0 spiro atoms. The van der Waals surface area contributed by atoms with Gasteiger partial charge in [0.2, 0.25) is 0 Å². The largest absolute Gasteiger partial charge is 0.465 e. The third-order valence-corrected chi connectivity index (χ3v) is 5.50. The Morgan fingerprint density at radius 2 is 1.93 bits per heavy atom. The molecular formula is C23H28N2O3. The van der Waals surface area contributed by atoms with E-state index in [0.29, 0.717) is 6.04 Å². The summed E-state index contributed by atoms with van der Waals surface area (Å²) < 4.78 is 11.4. The summed E-state index contributed by atoms with van der Waals surface area (Å²) in [5, 5.41) is 9.57. The van der Waals surface area contributed by atoms with Gasteiger partial charge in [0.1, 0.15) is 17.3 Å². The minimum absolute atomic E-state index is 0.204. The molecule has 0 amide bonds. The number of furan rings is 2. The molecule has 1 fully saturated rings. The zero-order valence-corrected chi connectivity index (χ0v) is 16.4. The molecule has 4 rings (SSSR count). The molecule has 0 aliphatic carbocycles. The van der Waals surface area contributed by atoms with Crippen LogP contribution in [0.25, 0.3) is 11.3 Å². The molecule has 1 aliphatic heterocycles. The Bertz CT molecular complexity index is 872. The SMILES string of the molecule is Cc1ccc(CN2CCN(Cc3ccccc3-c3ccco3)C[C@@H]2CCO)o1. The minimum Gasteiger partial charge on any atom is -0.465 e. The van der Waals surface area contributed by atoms with E-state index in [1.54, 1.807) is 6.26 Å². The van der Waals surface area contributed by atoms with Crippen molar-refractivity contribution < 1.29 is 13.9 Å². The number of hydrogen-bond donors (Lipinski definition) is 1. The second-order valence-corrected chi connectivity index (χ2v) is 7.52. The van der Waals surface area contributed by atoms with Crippen molar-refractivity contribution in [1.82, 2.24) is 9.80 Å². The Kier molecular flexibility index (Phi) is 5.95. The fraction of sp³-hybridized carbons (Fsp3) is 0.391. The van der Waals surface area contributed by atoms with Crippen molar-refractivity contribution in [3.8, 4) is 11.3 Å². The van der Waals surface area contributed by atoms with Gasteiger partial charge in [-0.3, -0.25) is 9.80 Å². The molecule has 28 heavy (non-hydrogen) atoms. The van der Waals surface area contributed by atoms with E-state index in [1.165, 1.54) is 5.56 Å². The van der Waals surface area contributed by atoms with Crippen LogP contribution in [0.4, 0.5) is 0 Å². The lowest BCUT2D eigenvalue weighted by atomic mass is 10.0. The maximum atomic E-state index is 9.57. The summed E-state index contributed by atoms with van der Waals surface area (Å²) in [7, 11) is 0. The number of benzene rings is 1. The highest BCUT2D eigenvalue weighted by Gasteiger charge is 2.27. The molecular weight excluding hydrogens is 352 g/mol. The number of aliphatic hydroxyl groups excluding tert-OH is 1. The third-order valence-electron chi connectivity index (χ3n) is 5.50. The highest BCUT2D eigenvalue weighted by molar-refractivity contribution is 5.61. The Labute approximate surface area is 166 Å². The van der Waals surface area contributed by atoms with Crippen LogP contribution in [0.1, 0.15) is 23.5 Å². The summed E-state index contributed by atoms with van der Waals surface area (Å²) in [6.45, 7) is 6.76. The third kappa shape index (κ3) is 4.38. The van der Waals surface area contributed by atoms with E-state index in [9.17, 15) is 5.11 Å². The quantitative estimate of drug-likeness (QED) is 0.673. The molecule has 148 valence electrons. The lowest BCUT2D eigenvalue weighted by molar-refractivity contribution is 0.0455. The molecule has 5 nitrogen and oxygen atoms in total. The second-order valence-electron chi connectivity index (χ2n) is 7.52. The number of hydrogen-bond acceptors (Lipinski definition) is 5. The van der Waals surface area contributed by atoms with Gasteiger partial charge in [0.05, 0.1) is 12.8 Å². The van der Waals surface area contributed by atoms with Crippen LogP contribution >= 0.6 is 0 Å². The summed E-state index contributed by atoms with van der Waals surface area (Å²) in [5.74, 6) is 2.85. The predicted molar refractivity (Wildman–Crippen MR) is 109 cm³/mol. The molecule has 0 unspecified atom stereocenters. The summed E-state index contributed by atoms with van der Waals surface area (Å²) in [6.07, 6.45) is 2.49. The van der Waals surface area contributed by atoms with Crippen molar-refractivity contribution >= 4 is 0 Å². The van der Waals surface area contributed by atoms with Gasteiger partial charge in [-0.05, 0) is 43.2 Å². The first kappa shape index (κ1) is 19.0. The van der Waals surface area contributed by atoms with Gasteiger partial charge in [-0.2, -0.15) is 0 Å². The van der Waals surface area contributed by atoms with Crippen molar-refractivity contribution in [3.63, 3.8) is 0 Å². The van der Waals surface area contributed by atoms with E-state index in [-0.39, 0.29) is 6.61 Å². The van der Waals surface area contributed by atoms with E-state index in [2.05, 4.69) is 40.1 Å². The normalized spacial score (nSPS) is 18.6. The van der Waals surface area contributed by atoms with Gasteiger partial charge in [-0.1, -0.05) is 24.3 Å². The van der Waals surface area contributed by atoms with Gasteiger partial charge < -0.3 is 13.9 Å².